The fraction of sp³-hybridized carbons (Fsp3) is 0.636. The fourth-order valence-electron chi connectivity index (χ4n) is 1.77. The molecule has 16 heavy (non-hydrogen) atoms. The molecule has 0 N–H and O–H groups in total. The Morgan fingerprint density at radius 1 is 1.44 bits per heavy atom. The minimum atomic E-state index is 0.383. The van der Waals surface area contributed by atoms with E-state index in [1.807, 2.05) is 18.0 Å². The largest absolute Gasteiger partial charge is 0.355 e. The van der Waals surface area contributed by atoms with E-state index >= 15 is 0 Å². The van der Waals surface area contributed by atoms with E-state index in [0.29, 0.717) is 4.75 Å². The van der Waals surface area contributed by atoms with Crippen molar-refractivity contribution in [2.24, 2.45) is 0 Å². The number of aromatic nitrogens is 2. The first-order chi connectivity index (χ1) is 7.58. The third kappa shape index (κ3) is 2.88. The summed E-state index contributed by atoms with van der Waals surface area (Å²) in [6, 6.07) is 0. The highest BCUT2D eigenvalue weighted by Gasteiger charge is 2.24. The minimum Gasteiger partial charge on any atom is -0.355 e. The highest BCUT2D eigenvalue weighted by Crippen LogP contribution is 2.33. The Morgan fingerprint density at radius 2 is 2.25 bits per heavy atom. The Labute approximate surface area is 109 Å². The monoisotopic (exact) mass is 301 g/mol. The van der Waals surface area contributed by atoms with E-state index in [-0.39, 0.29) is 0 Å². The summed E-state index contributed by atoms with van der Waals surface area (Å²) in [6.45, 7) is 6.76. The number of hydrogen-bond acceptors (Lipinski definition) is 4. The van der Waals surface area contributed by atoms with Crippen molar-refractivity contribution in [3.8, 4) is 0 Å². The predicted molar refractivity (Wildman–Crippen MR) is 73.1 cm³/mol. The van der Waals surface area contributed by atoms with E-state index in [9.17, 15) is 0 Å². The van der Waals surface area contributed by atoms with Crippen molar-refractivity contribution < 1.29 is 0 Å². The van der Waals surface area contributed by atoms with Crippen molar-refractivity contribution >= 4 is 33.5 Å². The smallest absolute Gasteiger partial charge is 0.146 e. The second-order valence-electron chi connectivity index (χ2n) is 4.54. The van der Waals surface area contributed by atoms with Gasteiger partial charge < -0.3 is 4.90 Å². The molecule has 0 atom stereocenters. The van der Waals surface area contributed by atoms with Crippen molar-refractivity contribution in [1.82, 2.24) is 9.97 Å². The standard InChI is InChI=1S/C11H16BrN3S/c1-11(2)3-4-15(5-6-16-11)10-9(12)7-13-8-14-10/h7-8H,3-6H2,1-2H3. The molecule has 1 aromatic rings. The molecule has 0 radical (unpaired) electrons. The lowest BCUT2D eigenvalue weighted by atomic mass is 10.1. The lowest BCUT2D eigenvalue weighted by molar-refractivity contribution is 0.634. The average molecular weight is 302 g/mol. The van der Waals surface area contributed by atoms with Gasteiger partial charge in [-0.1, -0.05) is 13.8 Å². The van der Waals surface area contributed by atoms with E-state index in [0.717, 1.165) is 29.1 Å². The average Bonchev–Trinajstić information content (AvgIpc) is 2.40. The van der Waals surface area contributed by atoms with Gasteiger partial charge in [-0.3, -0.25) is 0 Å². The van der Waals surface area contributed by atoms with Crippen LogP contribution in [0.2, 0.25) is 0 Å². The van der Waals surface area contributed by atoms with E-state index in [2.05, 4.69) is 44.6 Å². The van der Waals surface area contributed by atoms with Crippen molar-refractivity contribution in [3.63, 3.8) is 0 Å². The molecule has 0 bridgehead atoms. The van der Waals surface area contributed by atoms with Crippen LogP contribution in [0.25, 0.3) is 0 Å². The molecule has 0 amide bonds. The van der Waals surface area contributed by atoms with Gasteiger partial charge in [0.05, 0.1) is 4.47 Å². The van der Waals surface area contributed by atoms with Crippen LogP contribution in [0, 0.1) is 0 Å². The van der Waals surface area contributed by atoms with E-state index < -0.39 is 0 Å². The van der Waals surface area contributed by atoms with Gasteiger partial charge in [0.15, 0.2) is 0 Å². The molecule has 1 aliphatic heterocycles. The highest BCUT2D eigenvalue weighted by atomic mass is 79.9. The van der Waals surface area contributed by atoms with Crippen molar-refractivity contribution in [3.05, 3.63) is 17.0 Å². The number of rotatable bonds is 1. The molecule has 3 nitrogen and oxygen atoms in total. The van der Waals surface area contributed by atoms with Crippen molar-refractivity contribution in [1.29, 1.82) is 0 Å². The molecule has 0 saturated carbocycles. The maximum atomic E-state index is 4.35. The third-order valence-electron chi connectivity index (χ3n) is 2.79. The Morgan fingerprint density at radius 3 is 3.00 bits per heavy atom. The second-order valence-corrected chi connectivity index (χ2v) is 7.20. The van der Waals surface area contributed by atoms with Crippen LogP contribution in [0.5, 0.6) is 0 Å². The summed E-state index contributed by atoms with van der Waals surface area (Å²) in [5.74, 6) is 2.18. The zero-order valence-corrected chi connectivity index (χ0v) is 12.0. The molecule has 5 heteroatoms. The van der Waals surface area contributed by atoms with Crippen LogP contribution < -0.4 is 4.90 Å². The molecule has 0 spiro atoms. The molecule has 0 aliphatic carbocycles. The second kappa shape index (κ2) is 4.92. The Kier molecular flexibility index (Phi) is 3.74. The predicted octanol–water partition coefficient (Wildman–Crippen LogP) is 2.96. The van der Waals surface area contributed by atoms with Gasteiger partial charge in [0.25, 0.3) is 0 Å². The zero-order valence-electron chi connectivity index (χ0n) is 9.61. The normalized spacial score (nSPS) is 20.6. The topological polar surface area (TPSA) is 29.0 Å². The molecule has 1 saturated heterocycles. The van der Waals surface area contributed by atoms with Crippen molar-refractivity contribution in [2.75, 3.05) is 23.7 Å². The van der Waals surface area contributed by atoms with Gasteiger partial charge in [0.2, 0.25) is 0 Å². The summed E-state index contributed by atoms with van der Waals surface area (Å²) in [5, 5.41) is 0. The highest BCUT2D eigenvalue weighted by molar-refractivity contribution is 9.10. The molecule has 1 aromatic heterocycles. The number of thioether (sulfide) groups is 1. The van der Waals surface area contributed by atoms with Gasteiger partial charge in [-0.05, 0) is 22.4 Å². The lowest BCUT2D eigenvalue weighted by Crippen LogP contribution is -2.28. The van der Waals surface area contributed by atoms with Crippen LogP contribution in [-0.2, 0) is 0 Å². The maximum Gasteiger partial charge on any atom is 0.146 e. The molecule has 88 valence electrons. The minimum absolute atomic E-state index is 0.383. The molecular weight excluding hydrogens is 286 g/mol. The molecule has 1 fully saturated rings. The van der Waals surface area contributed by atoms with Crippen LogP contribution >= 0.6 is 27.7 Å². The van der Waals surface area contributed by atoms with Gasteiger partial charge in [-0.15, -0.1) is 0 Å². The summed E-state index contributed by atoms with van der Waals surface area (Å²) in [4.78, 5) is 10.7. The van der Waals surface area contributed by atoms with Gasteiger partial charge in [0, 0.05) is 29.8 Å². The van der Waals surface area contributed by atoms with E-state index in [4.69, 9.17) is 0 Å². The summed E-state index contributed by atoms with van der Waals surface area (Å²) in [5.41, 5.74) is 0. The molecule has 1 aliphatic rings. The number of nitrogens with zero attached hydrogens (tertiary/aromatic N) is 3. The lowest BCUT2D eigenvalue weighted by Gasteiger charge is -2.23. The summed E-state index contributed by atoms with van der Waals surface area (Å²) < 4.78 is 1.37. The van der Waals surface area contributed by atoms with Gasteiger partial charge in [0.1, 0.15) is 12.1 Å². The quantitative estimate of drug-likeness (QED) is 0.797. The maximum absolute atomic E-state index is 4.35. The molecule has 2 rings (SSSR count). The van der Waals surface area contributed by atoms with Gasteiger partial charge in [-0.2, -0.15) is 11.8 Å². The fourth-order valence-corrected chi connectivity index (χ4v) is 3.34. The van der Waals surface area contributed by atoms with E-state index in [1.165, 1.54) is 6.42 Å². The van der Waals surface area contributed by atoms with E-state index in [1.54, 1.807) is 6.33 Å². The van der Waals surface area contributed by atoms with Crippen molar-refractivity contribution in [2.45, 2.75) is 25.0 Å². The summed E-state index contributed by atoms with van der Waals surface area (Å²) in [7, 11) is 0. The number of halogens is 1. The van der Waals surface area contributed by atoms with Gasteiger partial charge >= 0.3 is 0 Å². The zero-order chi connectivity index (χ0) is 11.6. The number of anilines is 1. The van der Waals surface area contributed by atoms with Crippen LogP contribution in [0.15, 0.2) is 17.0 Å². The van der Waals surface area contributed by atoms with Crippen LogP contribution in [0.4, 0.5) is 5.82 Å². The first-order valence-electron chi connectivity index (χ1n) is 5.43. The Balaban J connectivity index is 2.14. The van der Waals surface area contributed by atoms with Crippen LogP contribution in [0.3, 0.4) is 0 Å². The van der Waals surface area contributed by atoms with Crippen LogP contribution in [-0.4, -0.2) is 33.6 Å². The number of hydrogen-bond donors (Lipinski definition) is 0. The Hall–Kier alpha value is -0.290. The Bertz CT molecular complexity index is 370. The van der Waals surface area contributed by atoms with Crippen LogP contribution in [0.1, 0.15) is 20.3 Å². The summed E-state index contributed by atoms with van der Waals surface area (Å²) >= 11 is 5.56. The molecule has 0 aromatic carbocycles. The first kappa shape index (κ1) is 12.2. The summed E-state index contributed by atoms with van der Waals surface area (Å²) in [6.07, 6.45) is 4.61. The molecule has 2 heterocycles. The third-order valence-corrected chi connectivity index (χ3v) is 4.72. The molecular formula is C11H16BrN3S. The van der Waals surface area contributed by atoms with Gasteiger partial charge in [-0.25, -0.2) is 9.97 Å². The SMILES string of the molecule is CC1(C)CCN(c2ncncc2Br)CCS1. The molecule has 0 unspecified atom stereocenters. The first-order valence-corrected chi connectivity index (χ1v) is 7.21.